The van der Waals surface area contributed by atoms with E-state index < -0.39 is 8.07 Å². The van der Waals surface area contributed by atoms with Crippen LogP contribution < -0.4 is 0 Å². The number of benzene rings is 1. The van der Waals surface area contributed by atoms with Gasteiger partial charge in [0.25, 0.3) is 0 Å². The molecule has 0 aromatic heterocycles. The minimum absolute atomic E-state index is 0.639. The second-order valence-electron chi connectivity index (χ2n) is 6.30. The van der Waals surface area contributed by atoms with E-state index in [2.05, 4.69) is 52.3 Å². The average molecular weight is 359 g/mol. The lowest BCUT2D eigenvalue weighted by atomic mass is 10.4. The predicted octanol–water partition coefficient (Wildman–Crippen LogP) is 7.26. The van der Waals surface area contributed by atoms with E-state index in [1.54, 1.807) is 6.07 Å². The molecule has 116 valence electrons. The molecule has 0 atom stereocenters. The molecular weight excluding hydrogens is 335 g/mol. The first-order chi connectivity index (χ1) is 9.71. The molecule has 0 aliphatic rings. The summed E-state index contributed by atoms with van der Waals surface area (Å²) in [6, 6.07) is 5.51. The molecule has 0 saturated heterocycles. The van der Waals surface area contributed by atoms with E-state index in [1.807, 2.05) is 12.1 Å². The maximum atomic E-state index is 6.20. The predicted molar refractivity (Wildman–Crippen MR) is 101 cm³/mol. The van der Waals surface area contributed by atoms with Gasteiger partial charge < -0.3 is 0 Å². The van der Waals surface area contributed by atoms with Gasteiger partial charge in [-0.1, -0.05) is 64.7 Å². The second kappa shape index (κ2) is 7.97. The molecule has 0 unspecified atom stereocenters. The minimum Gasteiger partial charge on any atom is -0.118 e. The zero-order chi connectivity index (χ0) is 16.2. The van der Waals surface area contributed by atoms with Crippen molar-refractivity contribution in [2.75, 3.05) is 0 Å². The van der Waals surface area contributed by atoms with E-state index in [9.17, 15) is 0 Å². The molecule has 0 radical (unpaired) electrons. The van der Waals surface area contributed by atoms with Crippen LogP contribution >= 0.6 is 35.0 Å². The fraction of sp³-hybridized carbons (Fsp3) is 0.529. The Labute approximate surface area is 145 Å². The molecule has 4 heteroatoms. The Morgan fingerprint density at radius 2 is 1.48 bits per heavy atom. The number of halogens is 2. The van der Waals surface area contributed by atoms with Gasteiger partial charge in [0.2, 0.25) is 0 Å². The topological polar surface area (TPSA) is 0 Å². The molecule has 0 heterocycles. The van der Waals surface area contributed by atoms with Crippen LogP contribution in [0, 0.1) is 10.8 Å². The monoisotopic (exact) mass is 358 g/mol. The maximum absolute atomic E-state index is 6.20. The van der Waals surface area contributed by atoms with Crippen LogP contribution in [0.25, 0.3) is 0 Å². The van der Waals surface area contributed by atoms with Crippen molar-refractivity contribution in [3.8, 4) is 10.8 Å². The van der Waals surface area contributed by atoms with Gasteiger partial charge in [0.15, 0.2) is 0 Å². The van der Waals surface area contributed by atoms with Crippen LogP contribution in [0.4, 0.5) is 0 Å². The highest BCUT2D eigenvalue weighted by molar-refractivity contribution is 8.04. The molecule has 1 rings (SSSR count). The molecule has 0 nitrogen and oxygen atoms in total. The van der Waals surface area contributed by atoms with Crippen LogP contribution in [0.15, 0.2) is 23.1 Å². The van der Waals surface area contributed by atoms with Crippen molar-refractivity contribution in [2.24, 2.45) is 0 Å². The highest BCUT2D eigenvalue weighted by Gasteiger charge is 2.41. The Hall–Kier alpha value is -0.0731. The van der Waals surface area contributed by atoms with Gasteiger partial charge in [-0.3, -0.25) is 0 Å². The fourth-order valence-corrected chi connectivity index (χ4v) is 9.87. The van der Waals surface area contributed by atoms with E-state index in [1.165, 1.54) is 11.8 Å². The number of rotatable bonds is 4. The summed E-state index contributed by atoms with van der Waals surface area (Å²) in [6.45, 7) is 13.9. The Kier molecular flexibility index (Phi) is 7.20. The zero-order valence-corrected chi connectivity index (χ0v) is 17.0. The van der Waals surface area contributed by atoms with Crippen molar-refractivity contribution in [2.45, 2.75) is 63.1 Å². The summed E-state index contributed by atoms with van der Waals surface area (Å²) in [4.78, 5) is 0.941. The Morgan fingerprint density at radius 3 is 1.95 bits per heavy atom. The molecule has 0 N–H and O–H groups in total. The number of thioether (sulfide) groups is 1. The lowest BCUT2D eigenvalue weighted by molar-refractivity contribution is 0.838. The quantitative estimate of drug-likeness (QED) is 0.309. The van der Waals surface area contributed by atoms with Gasteiger partial charge in [-0.05, 0) is 51.8 Å². The molecular formula is C17H24Cl2SSi. The van der Waals surface area contributed by atoms with Crippen molar-refractivity contribution >= 4 is 43.0 Å². The molecule has 0 bridgehead atoms. The van der Waals surface area contributed by atoms with Crippen LogP contribution in [0.5, 0.6) is 0 Å². The van der Waals surface area contributed by atoms with Gasteiger partial charge in [0.1, 0.15) is 8.07 Å². The molecule has 0 fully saturated rings. The van der Waals surface area contributed by atoms with Crippen molar-refractivity contribution < 1.29 is 0 Å². The normalized spacial score (nSPS) is 12.0. The summed E-state index contributed by atoms with van der Waals surface area (Å²) in [5, 5.41) is 4.75. The Morgan fingerprint density at radius 1 is 0.952 bits per heavy atom. The summed E-state index contributed by atoms with van der Waals surface area (Å²) >= 11 is 13.7. The van der Waals surface area contributed by atoms with Gasteiger partial charge >= 0.3 is 0 Å². The third-order valence-corrected chi connectivity index (χ3v) is 12.1. The largest absolute Gasteiger partial charge is 0.147 e. The first-order valence-electron chi connectivity index (χ1n) is 7.35. The molecule has 0 amide bonds. The number of hydrogen-bond donors (Lipinski definition) is 0. The van der Waals surface area contributed by atoms with Crippen molar-refractivity contribution in [1.82, 2.24) is 0 Å². The molecule has 1 aromatic rings. The van der Waals surface area contributed by atoms with Crippen molar-refractivity contribution in [1.29, 1.82) is 0 Å². The summed E-state index contributed by atoms with van der Waals surface area (Å²) in [5.74, 6) is 0. The molecule has 0 aliphatic carbocycles. The third-order valence-electron chi connectivity index (χ3n) is 4.19. The molecule has 0 saturated carbocycles. The van der Waals surface area contributed by atoms with E-state index in [0.717, 1.165) is 4.90 Å². The van der Waals surface area contributed by atoms with Crippen molar-refractivity contribution in [3.05, 3.63) is 28.2 Å². The van der Waals surface area contributed by atoms with E-state index >= 15 is 0 Å². The molecule has 0 spiro atoms. The summed E-state index contributed by atoms with van der Waals surface area (Å²) < 4.78 is 0. The van der Waals surface area contributed by atoms with Crippen molar-refractivity contribution in [3.63, 3.8) is 0 Å². The van der Waals surface area contributed by atoms with Crippen LogP contribution in [-0.2, 0) is 0 Å². The first kappa shape index (κ1) is 19.0. The summed E-state index contributed by atoms with van der Waals surface area (Å²) in [7, 11) is -1.67. The van der Waals surface area contributed by atoms with Crippen LogP contribution in [0.3, 0.4) is 0 Å². The van der Waals surface area contributed by atoms with Crippen LogP contribution in [0.1, 0.15) is 41.5 Å². The average Bonchev–Trinajstić information content (AvgIpc) is 2.37. The Bertz CT molecular complexity index is 520. The van der Waals surface area contributed by atoms with Gasteiger partial charge in [0, 0.05) is 9.92 Å². The lowest BCUT2D eigenvalue weighted by Crippen LogP contribution is -2.43. The second-order valence-corrected chi connectivity index (χ2v) is 13.6. The van der Waals surface area contributed by atoms with E-state index in [4.69, 9.17) is 23.2 Å². The SMILES string of the molecule is CC(C)[Si](C#CSc1cc(Cl)ccc1Cl)(C(C)C)C(C)C. The third kappa shape index (κ3) is 4.45. The first-order valence-corrected chi connectivity index (χ1v) is 11.2. The zero-order valence-electron chi connectivity index (χ0n) is 13.6. The van der Waals surface area contributed by atoms with Crippen LogP contribution in [0.2, 0.25) is 26.7 Å². The van der Waals surface area contributed by atoms with Gasteiger partial charge in [0.05, 0.1) is 5.02 Å². The lowest BCUT2D eigenvalue weighted by Gasteiger charge is -2.37. The summed E-state index contributed by atoms with van der Waals surface area (Å²) in [5.41, 5.74) is 5.59. The van der Waals surface area contributed by atoms with Gasteiger partial charge in [-0.2, -0.15) is 0 Å². The fourth-order valence-electron chi connectivity index (χ4n) is 3.16. The number of hydrogen-bond acceptors (Lipinski definition) is 1. The standard InChI is InChI=1S/C17H24Cl2SSi/c1-12(2)21(13(3)4,14(5)6)10-9-20-17-11-15(18)7-8-16(17)19/h7-8,11-14H,1-6H3. The van der Waals surface area contributed by atoms with Gasteiger partial charge in [-0.15, -0.1) is 5.54 Å². The summed E-state index contributed by atoms with van der Waals surface area (Å²) in [6.07, 6.45) is 0. The molecule has 1 aromatic carbocycles. The molecule has 0 aliphatic heterocycles. The van der Waals surface area contributed by atoms with Gasteiger partial charge in [-0.25, -0.2) is 0 Å². The van der Waals surface area contributed by atoms with E-state index in [-0.39, 0.29) is 0 Å². The minimum atomic E-state index is -1.67. The van der Waals surface area contributed by atoms with E-state index in [0.29, 0.717) is 26.7 Å². The van der Waals surface area contributed by atoms with Crippen LogP contribution in [-0.4, -0.2) is 8.07 Å². The molecule has 21 heavy (non-hydrogen) atoms. The smallest absolute Gasteiger partial charge is 0.118 e. The Balaban J connectivity index is 3.09. The maximum Gasteiger partial charge on any atom is 0.147 e. The highest BCUT2D eigenvalue weighted by atomic mass is 35.5. The highest BCUT2D eigenvalue weighted by Crippen LogP contribution is 2.41.